The van der Waals surface area contributed by atoms with Gasteiger partial charge >= 0.3 is 0 Å². The molecule has 0 aliphatic carbocycles. The van der Waals surface area contributed by atoms with E-state index in [2.05, 4.69) is 61.6 Å². The molecule has 0 N–H and O–H groups in total. The predicted molar refractivity (Wildman–Crippen MR) is 64.3 cm³/mol. The van der Waals surface area contributed by atoms with E-state index >= 15 is 0 Å². The van der Waals surface area contributed by atoms with Gasteiger partial charge in [-0.05, 0) is 51.2 Å². The van der Waals surface area contributed by atoms with Crippen molar-refractivity contribution in [3.63, 3.8) is 0 Å². The lowest BCUT2D eigenvalue weighted by atomic mass is 10.2. The first-order valence-corrected chi connectivity index (χ1v) is 5.30. The lowest BCUT2D eigenvalue weighted by Gasteiger charge is -2.09. The highest BCUT2D eigenvalue weighted by Gasteiger charge is 2.08. The molecule has 2 heteroatoms. The van der Waals surface area contributed by atoms with E-state index in [-0.39, 0.29) is 0 Å². The zero-order valence-electron chi connectivity index (χ0n) is 9.91. The van der Waals surface area contributed by atoms with Crippen LogP contribution in [0.25, 0.3) is 5.52 Å². The highest BCUT2D eigenvalue weighted by molar-refractivity contribution is 5.62. The van der Waals surface area contributed by atoms with Crippen LogP contribution in [0.1, 0.15) is 16.8 Å². The van der Waals surface area contributed by atoms with Gasteiger partial charge in [0, 0.05) is 18.4 Å². The average molecular weight is 202 g/mol. The van der Waals surface area contributed by atoms with Gasteiger partial charge in [0.25, 0.3) is 0 Å². The molecule has 2 heterocycles. The summed E-state index contributed by atoms with van der Waals surface area (Å²) < 4.78 is 2.27. The highest BCUT2D eigenvalue weighted by atomic mass is 15.1. The Kier molecular flexibility index (Phi) is 2.53. The Bertz CT molecular complexity index is 480. The summed E-state index contributed by atoms with van der Waals surface area (Å²) in [7, 11) is 4.22. The monoisotopic (exact) mass is 202 g/mol. The maximum Gasteiger partial charge on any atom is 0.0526 e. The van der Waals surface area contributed by atoms with Crippen molar-refractivity contribution in [3.8, 4) is 0 Å². The molecule has 0 unspecified atom stereocenters. The predicted octanol–water partition coefficient (Wildman–Crippen LogP) is 2.62. The van der Waals surface area contributed by atoms with Gasteiger partial charge in [-0.25, -0.2) is 0 Å². The fourth-order valence-electron chi connectivity index (χ4n) is 2.17. The third kappa shape index (κ3) is 1.77. The van der Waals surface area contributed by atoms with Gasteiger partial charge < -0.3 is 9.30 Å². The molecule has 0 saturated heterocycles. The van der Waals surface area contributed by atoms with E-state index in [0.717, 1.165) is 6.54 Å². The fraction of sp³-hybridized carbons (Fsp3) is 0.385. The van der Waals surface area contributed by atoms with Crippen LogP contribution in [-0.4, -0.2) is 23.4 Å². The van der Waals surface area contributed by atoms with E-state index in [4.69, 9.17) is 0 Å². The van der Waals surface area contributed by atoms with Crippen LogP contribution >= 0.6 is 0 Å². The molecular formula is C13H18N2. The summed E-state index contributed by atoms with van der Waals surface area (Å²) in [4.78, 5) is 2.21. The summed E-state index contributed by atoms with van der Waals surface area (Å²) in [6.45, 7) is 5.34. The van der Waals surface area contributed by atoms with E-state index in [1.165, 1.54) is 22.3 Å². The second-order valence-electron chi connectivity index (χ2n) is 4.46. The van der Waals surface area contributed by atoms with E-state index < -0.39 is 0 Å². The Hall–Kier alpha value is -1.28. The number of pyridine rings is 1. The van der Waals surface area contributed by atoms with Gasteiger partial charge in [-0.1, -0.05) is 6.07 Å². The standard InChI is InChI=1S/C13H18N2/c1-10-6-5-7-15-11(2)8-12(13(10)15)9-14(3)4/h5-8H,9H2,1-4H3. The Balaban J connectivity index is 2.65. The van der Waals surface area contributed by atoms with E-state index in [0.29, 0.717) is 0 Å². The molecule has 0 radical (unpaired) electrons. The number of nitrogens with zero attached hydrogens (tertiary/aromatic N) is 2. The van der Waals surface area contributed by atoms with Crippen LogP contribution in [0, 0.1) is 13.8 Å². The summed E-state index contributed by atoms with van der Waals surface area (Å²) in [6, 6.07) is 6.56. The molecule has 15 heavy (non-hydrogen) atoms. The van der Waals surface area contributed by atoms with Crippen LogP contribution in [0.5, 0.6) is 0 Å². The van der Waals surface area contributed by atoms with Crippen LogP contribution in [-0.2, 0) is 6.54 Å². The first-order chi connectivity index (χ1) is 7.09. The molecule has 0 aliphatic heterocycles. The van der Waals surface area contributed by atoms with Crippen LogP contribution in [0.3, 0.4) is 0 Å². The van der Waals surface area contributed by atoms with E-state index in [9.17, 15) is 0 Å². The number of aromatic nitrogens is 1. The molecule has 0 aromatic carbocycles. The highest BCUT2D eigenvalue weighted by Crippen LogP contribution is 2.20. The Morgan fingerprint density at radius 1 is 1.27 bits per heavy atom. The van der Waals surface area contributed by atoms with Crippen molar-refractivity contribution in [2.24, 2.45) is 0 Å². The summed E-state index contributed by atoms with van der Waals surface area (Å²) in [5, 5.41) is 0. The van der Waals surface area contributed by atoms with E-state index in [1.54, 1.807) is 0 Å². The maximum atomic E-state index is 2.28. The summed E-state index contributed by atoms with van der Waals surface area (Å²) >= 11 is 0. The van der Waals surface area contributed by atoms with Gasteiger partial charge in [-0.2, -0.15) is 0 Å². The minimum atomic E-state index is 1.00. The van der Waals surface area contributed by atoms with Crippen molar-refractivity contribution >= 4 is 5.52 Å². The molecule has 0 atom stereocenters. The molecule has 2 aromatic heterocycles. The van der Waals surface area contributed by atoms with Crippen LogP contribution < -0.4 is 0 Å². The molecule has 0 bridgehead atoms. The average Bonchev–Trinajstić information content (AvgIpc) is 2.44. The fourth-order valence-corrected chi connectivity index (χ4v) is 2.17. The molecule has 2 nitrogen and oxygen atoms in total. The summed E-state index contributed by atoms with van der Waals surface area (Å²) in [6.07, 6.45) is 2.14. The van der Waals surface area contributed by atoms with Crippen molar-refractivity contribution in [1.82, 2.24) is 9.30 Å². The molecule has 0 fully saturated rings. The minimum absolute atomic E-state index is 1.00. The number of hydrogen-bond donors (Lipinski definition) is 0. The Labute approximate surface area is 91.1 Å². The van der Waals surface area contributed by atoms with Gasteiger partial charge in [0.2, 0.25) is 0 Å². The molecular weight excluding hydrogens is 184 g/mol. The third-order valence-electron chi connectivity index (χ3n) is 2.75. The SMILES string of the molecule is Cc1cccn2c(C)cc(CN(C)C)c12. The van der Waals surface area contributed by atoms with Gasteiger partial charge in [0.15, 0.2) is 0 Å². The van der Waals surface area contributed by atoms with Crippen molar-refractivity contribution in [3.05, 3.63) is 41.2 Å². The number of rotatable bonds is 2. The van der Waals surface area contributed by atoms with Crippen molar-refractivity contribution in [2.75, 3.05) is 14.1 Å². The molecule has 2 rings (SSSR count). The van der Waals surface area contributed by atoms with Crippen molar-refractivity contribution in [1.29, 1.82) is 0 Å². The topological polar surface area (TPSA) is 7.65 Å². The maximum absolute atomic E-state index is 2.28. The van der Waals surface area contributed by atoms with E-state index in [1.807, 2.05) is 0 Å². The second-order valence-corrected chi connectivity index (χ2v) is 4.46. The Morgan fingerprint density at radius 2 is 2.00 bits per heavy atom. The molecule has 0 amide bonds. The first-order valence-electron chi connectivity index (χ1n) is 5.30. The van der Waals surface area contributed by atoms with Gasteiger partial charge in [0.05, 0.1) is 5.52 Å². The molecule has 80 valence electrons. The van der Waals surface area contributed by atoms with Crippen molar-refractivity contribution in [2.45, 2.75) is 20.4 Å². The lowest BCUT2D eigenvalue weighted by molar-refractivity contribution is 0.404. The molecule has 0 saturated carbocycles. The van der Waals surface area contributed by atoms with Gasteiger partial charge in [-0.15, -0.1) is 0 Å². The van der Waals surface area contributed by atoms with Gasteiger partial charge in [0.1, 0.15) is 0 Å². The Morgan fingerprint density at radius 3 is 2.67 bits per heavy atom. The number of aryl methyl sites for hydroxylation is 2. The normalized spacial score (nSPS) is 11.5. The summed E-state index contributed by atoms with van der Waals surface area (Å²) in [5.74, 6) is 0. The summed E-state index contributed by atoms with van der Waals surface area (Å²) in [5.41, 5.74) is 5.44. The van der Waals surface area contributed by atoms with Gasteiger partial charge in [-0.3, -0.25) is 0 Å². The lowest BCUT2D eigenvalue weighted by Crippen LogP contribution is -2.10. The zero-order chi connectivity index (χ0) is 11.0. The molecule has 0 spiro atoms. The quantitative estimate of drug-likeness (QED) is 0.726. The smallest absolute Gasteiger partial charge is 0.0526 e. The zero-order valence-corrected chi connectivity index (χ0v) is 9.91. The first kappa shape index (κ1) is 10.2. The van der Waals surface area contributed by atoms with Crippen LogP contribution in [0.15, 0.2) is 24.4 Å². The molecule has 2 aromatic rings. The molecule has 0 aliphatic rings. The largest absolute Gasteiger partial charge is 0.321 e. The number of fused-ring (bicyclic) bond motifs is 1. The minimum Gasteiger partial charge on any atom is -0.321 e. The van der Waals surface area contributed by atoms with Crippen molar-refractivity contribution < 1.29 is 0 Å². The van der Waals surface area contributed by atoms with Crippen LogP contribution in [0.2, 0.25) is 0 Å². The second kappa shape index (κ2) is 3.70. The number of hydrogen-bond acceptors (Lipinski definition) is 1. The van der Waals surface area contributed by atoms with Crippen LogP contribution in [0.4, 0.5) is 0 Å². The third-order valence-corrected chi connectivity index (χ3v) is 2.75.